The standard InChI is InChI=1S/C9H16BrNOS/c1-2-8(10)5-11-9(12)7-3-4-13-6-7/h7-8H,2-6H2,1H3,(H,11,12). The summed E-state index contributed by atoms with van der Waals surface area (Å²) in [5.74, 6) is 2.65. The molecule has 1 amide bonds. The van der Waals surface area contributed by atoms with Crippen LogP contribution in [-0.4, -0.2) is 28.8 Å². The lowest BCUT2D eigenvalue weighted by molar-refractivity contribution is -0.124. The van der Waals surface area contributed by atoms with Crippen LogP contribution in [0, 0.1) is 5.92 Å². The Morgan fingerprint density at radius 2 is 2.54 bits per heavy atom. The van der Waals surface area contributed by atoms with Gasteiger partial charge < -0.3 is 5.32 Å². The average Bonchev–Trinajstić information content (AvgIpc) is 2.66. The quantitative estimate of drug-likeness (QED) is 0.789. The first-order valence-electron chi connectivity index (χ1n) is 4.73. The first kappa shape index (κ1) is 11.4. The second kappa shape index (κ2) is 5.91. The molecule has 0 aliphatic carbocycles. The lowest BCUT2D eigenvalue weighted by Gasteiger charge is -2.12. The SMILES string of the molecule is CCC(Br)CNC(=O)C1CCSC1. The van der Waals surface area contributed by atoms with Gasteiger partial charge in [0.15, 0.2) is 0 Å². The molecular weight excluding hydrogens is 250 g/mol. The second-order valence-electron chi connectivity index (χ2n) is 3.31. The smallest absolute Gasteiger partial charge is 0.224 e. The molecule has 1 aliphatic rings. The van der Waals surface area contributed by atoms with Crippen molar-refractivity contribution in [3.05, 3.63) is 0 Å². The van der Waals surface area contributed by atoms with E-state index in [1.807, 2.05) is 11.8 Å². The Bertz CT molecular complexity index is 171. The lowest BCUT2D eigenvalue weighted by atomic mass is 10.1. The van der Waals surface area contributed by atoms with Gasteiger partial charge in [-0.1, -0.05) is 22.9 Å². The molecule has 4 heteroatoms. The molecule has 0 bridgehead atoms. The maximum atomic E-state index is 11.5. The zero-order chi connectivity index (χ0) is 9.68. The molecule has 1 rings (SSSR count). The highest BCUT2D eigenvalue weighted by atomic mass is 79.9. The van der Waals surface area contributed by atoms with E-state index in [4.69, 9.17) is 0 Å². The second-order valence-corrected chi connectivity index (χ2v) is 5.76. The molecule has 0 aromatic heterocycles. The van der Waals surface area contributed by atoms with Crippen LogP contribution in [0.1, 0.15) is 19.8 Å². The summed E-state index contributed by atoms with van der Waals surface area (Å²) < 4.78 is 0. The van der Waals surface area contributed by atoms with Gasteiger partial charge in [0.1, 0.15) is 0 Å². The number of rotatable bonds is 4. The van der Waals surface area contributed by atoms with Gasteiger partial charge >= 0.3 is 0 Å². The van der Waals surface area contributed by atoms with Crippen molar-refractivity contribution in [1.29, 1.82) is 0 Å². The molecule has 1 heterocycles. The largest absolute Gasteiger partial charge is 0.355 e. The highest BCUT2D eigenvalue weighted by molar-refractivity contribution is 9.09. The summed E-state index contributed by atoms with van der Waals surface area (Å²) >= 11 is 5.37. The van der Waals surface area contributed by atoms with E-state index >= 15 is 0 Å². The van der Waals surface area contributed by atoms with Crippen molar-refractivity contribution < 1.29 is 4.79 Å². The van der Waals surface area contributed by atoms with E-state index in [0.717, 1.165) is 30.9 Å². The lowest BCUT2D eigenvalue weighted by Crippen LogP contribution is -2.34. The Kier molecular flexibility index (Phi) is 5.17. The Morgan fingerprint density at radius 1 is 1.77 bits per heavy atom. The average molecular weight is 266 g/mol. The van der Waals surface area contributed by atoms with E-state index in [1.165, 1.54) is 0 Å². The van der Waals surface area contributed by atoms with Crippen LogP contribution in [0.15, 0.2) is 0 Å². The van der Waals surface area contributed by atoms with Crippen LogP contribution in [0.4, 0.5) is 0 Å². The number of halogens is 1. The van der Waals surface area contributed by atoms with Crippen LogP contribution in [0.5, 0.6) is 0 Å². The molecular formula is C9H16BrNOS. The third-order valence-corrected chi connectivity index (χ3v) is 4.37. The molecule has 0 radical (unpaired) electrons. The van der Waals surface area contributed by atoms with Crippen molar-refractivity contribution in [2.24, 2.45) is 5.92 Å². The molecule has 0 spiro atoms. The monoisotopic (exact) mass is 265 g/mol. The number of carbonyl (C=O) groups is 1. The Hall–Kier alpha value is 0.300. The van der Waals surface area contributed by atoms with Gasteiger partial charge in [-0.3, -0.25) is 4.79 Å². The van der Waals surface area contributed by atoms with Gasteiger partial charge in [0.05, 0.1) is 0 Å². The number of amides is 1. The molecule has 2 unspecified atom stereocenters. The van der Waals surface area contributed by atoms with Gasteiger partial charge in [-0.2, -0.15) is 11.8 Å². The van der Waals surface area contributed by atoms with Crippen LogP contribution in [0.25, 0.3) is 0 Å². The highest BCUT2D eigenvalue weighted by Gasteiger charge is 2.22. The third-order valence-electron chi connectivity index (χ3n) is 2.24. The maximum Gasteiger partial charge on any atom is 0.224 e. The zero-order valence-corrected chi connectivity index (χ0v) is 10.3. The summed E-state index contributed by atoms with van der Waals surface area (Å²) in [6.07, 6.45) is 2.11. The summed E-state index contributed by atoms with van der Waals surface area (Å²) in [6.45, 7) is 2.87. The van der Waals surface area contributed by atoms with Crippen molar-refractivity contribution in [2.45, 2.75) is 24.6 Å². The van der Waals surface area contributed by atoms with E-state index in [1.54, 1.807) is 0 Å². The molecule has 76 valence electrons. The fraction of sp³-hybridized carbons (Fsp3) is 0.889. The fourth-order valence-electron chi connectivity index (χ4n) is 1.24. The van der Waals surface area contributed by atoms with Crippen molar-refractivity contribution in [3.63, 3.8) is 0 Å². The molecule has 1 aliphatic heterocycles. The minimum absolute atomic E-state index is 0.239. The third kappa shape index (κ3) is 3.90. The molecule has 2 nitrogen and oxygen atoms in total. The molecule has 1 fully saturated rings. The summed E-state index contributed by atoms with van der Waals surface area (Å²) in [6, 6.07) is 0. The van der Waals surface area contributed by atoms with Crippen LogP contribution < -0.4 is 5.32 Å². The van der Waals surface area contributed by atoms with Crippen LogP contribution in [0.3, 0.4) is 0 Å². The van der Waals surface area contributed by atoms with E-state index < -0.39 is 0 Å². The summed E-state index contributed by atoms with van der Waals surface area (Å²) in [5, 5.41) is 2.98. The fourth-order valence-corrected chi connectivity index (χ4v) is 2.62. The van der Waals surface area contributed by atoms with E-state index in [-0.39, 0.29) is 11.8 Å². The summed E-state index contributed by atoms with van der Waals surface area (Å²) in [5.41, 5.74) is 0. The summed E-state index contributed by atoms with van der Waals surface area (Å²) in [7, 11) is 0. The summed E-state index contributed by atoms with van der Waals surface area (Å²) in [4.78, 5) is 11.9. The number of carbonyl (C=O) groups excluding carboxylic acids is 1. The minimum Gasteiger partial charge on any atom is -0.355 e. The van der Waals surface area contributed by atoms with Crippen molar-refractivity contribution in [3.8, 4) is 0 Å². The highest BCUT2D eigenvalue weighted by Crippen LogP contribution is 2.23. The van der Waals surface area contributed by atoms with Gasteiger partial charge in [0.25, 0.3) is 0 Å². The van der Waals surface area contributed by atoms with Crippen LogP contribution in [-0.2, 0) is 4.79 Å². The van der Waals surface area contributed by atoms with Crippen LogP contribution >= 0.6 is 27.7 Å². The predicted octanol–water partition coefficient (Wildman–Crippen LogP) is 2.03. The van der Waals surface area contributed by atoms with Crippen molar-refractivity contribution in [2.75, 3.05) is 18.1 Å². The van der Waals surface area contributed by atoms with Gasteiger partial charge in [-0.15, -0.1) is 0 Å². The van der Waals surface area contributed by atoms with E-state index in [9.17, 15) is 4.79 Å². The first-order chi connectivity index (χ1) is 6.24. The Labute approximate surface area is 92.4 Å². The molecule has 0 aromatic carbocycles. The predicted molar refractivity (Wildman–Crippen MR) is 61.4 cm³/mol. The molecule has 0 aromatic rings. The Morgan fingerprint density at radius 3 is 3.08 bits per heavy atom. The first-order valence-corrected chi connectivity index (χ1v) is 6.80. The van der Waals surface area contributed by atoms with Gasteiger partial charge in [-0.25, -0.2) is 0 Å². The van der Waals surface area contributed by atoms with E-state index in [0.29, 0.717) is 4.83 Å². The van der Waals surface area contributed by atoms with Gasteiger partial charge in [0.2, 0.25) is 5.91 Å². The number of hydrogen-bond acceptors (Lipinski definition) is 2. The molecule has 1 saturated heterocycles. The maximum absolute atomic E-state index is 11.5. The Balaban J connectivity index is 2.16. The molecule has 0 saturated carbocycles. The molecule has 2 atom stereocenters. The number of alkyl halides is 1. The van der Waals surface area contributed by atoms with Gasteiger partial charge in [0, 0.05) is 23.0 Å². The number of nitrogens with one attached hydrogen (secondary N) is 1. The zero-order valence-electron chi connectivity index (χ0n) is 7.88. The molecule has 13 heavy (non-hydrogen) atoms. The van der Waals surface area contributed by atoms with Crippen molar-refractivity contribution in [1.82, 2.24) is 5.32 Å². The van der Waals surface area contributed by atoms with Crippen molar-refractivity contribution >= 4 is 33.6 Å². The van der Waals surface area contributed by atoms with E-state index in [2.05, 4.69) is 28.2 Å². The normalized spacial score (nSPS) is 24.3. The number of thioether (sulfide) groups is 1. The topological polar surface area (TPSA) is 29.1 Å². The minimum atomic E-state index is 0.239. The van der Waals surface area contributed by atoms with Gasteiger partial charge in [-0.05, 0) is 18.6 Å². The molecule has 1 N–H and O–H groups in total. The van der Waals surface area contributed by atoms with Crippen LogP contribution in [0.2, 0.25) is 0 Å². The number of hydrogen-bond donors (Lipinski definition) is 1.